The maximum Gasteiger partial charge on any atom is 0.0620 e. The van der Waals surface area contributed by atoms with Gasteiger partial charge in [-0.25, -0.2) is 0 Å². The van der Waals surface area contributed by atoms with Crippen molar-refractivity contribution in [3.63, 3.8) is 0 Å². The molecule has 10 aromatic carbocycles. The Morgan fingerprint density at radius 2 is 0.645 bits per heavy atom. The molecule has 2 heterocycles. The molecule has 0 atom stereocenters. The smallest absolute Gasteiger partial charge is 0.0620 e. The van der Waals surface area contributed by atoms with Gasteiger partial charge >= 0.3 is 0 Å². The number of rotatable bonds is 7. The van der Waals surface area contributed by atoms with Gasteiger partial charge in [-0.05, 0) is 93.0 Å². The first-order valence-corrected chi connectivity index (χ1v) is 21.4. The minimum atomic E-state index is 1.14. The van der Waals surface area contributed by atoms with Crippen LogP contribution in [-0.4, -0.2) is 9.13 Å². The van der Waals surface area contributed by atoms with Crippen molar-refractivity contribution in [2.75, 3.05) is 0 Å². The average molecular weight is 789 g/mol. The molecule has 2 nitrogen and oxygen atoms in total. The highest BCUT2D eigenvalue weighted by Gasteiger charge is 2.22. The summed E-state index contributed by atoms with van der Waals surface area (Å²) < 4.78 is 4.93. The average Bonchev–Trinajstić information content (AvgIpc) is 3.87. The van der Waals surface area contributed by atoms with Gasteiger partial charge in [0.05, 0.1) is 27.8 Å². The van der Waals surface area contributed by atoms with Crippen LogP contribution in [0.4, 0.5) is 0 Å². The molecule has 0 aliphatic rings. The zero-order valence-corrected chi connectivity index (χ0v) is 34.0. The van der Waals surface area contributed by atoms with Gasteiger partial charge in [-0.2, -0.15) is 0 Å². The number of nitrogens with zero attached hydrogens (tertiary/aromatic N) is 2. The van der Waals surface area contributed by atoms with E-state index in [0.717, 1.165) is 22.4 Å². The first-order chi connectivity index (χ1) is 30.8. The number of aromatic nitrogens is 2. The van der Waals surface area contributed by atoms with Crippen LogP contribution in [0.3, 0.4) is 0 Å². The van der Waals surface area contributed by atoms with Crippen molar-refractivity contribution in [3.8, 4) is 67.0 Å². The maximum atomic E-state index is 2.49. The molecular weight excluding hydrogens is 749 g/mol. The minimum Gasteiger partial charge on any atom is -0.309 e. The maximum absolute atomic E-state index is 2.49. The van der Waals surface area contributed by atoms with E-state index < -0.39 is 0 Å². The van der Waals surface area contributed by atoms with Crippen LogP contribution in [-0.2, 0) is 0 Å². The van der Waals surface area contributed by atoms with E-state index in [4.69, 9.17) is 0 Å². The molecule has 0 saturated carbocycles. The Hall–Kier alpha value is -8.20. The molecule has 0 amide bonds. The van der Waals surface area contributed by atoms with E-state index in [0.29, 0.717) is 0 Å². The van der Waals surface area contributed by atoms with Gasteiger partial charge in [0.15, 0.2) is 0 Å². The van der Waals surface area contributed by atoms with E-state index >= 15 is 0 Å². The van der Waals surface area contributed by atoms with Crippen LogP contribution in [0.25, 0.3) is 111 Å². The predicted octanol–water partition coefficient (Wildman–Crippen LogP) is 16.2. The molecule has 0 aliphatic carbocycles. The predicted molar refractivity (Wildman–Crippen MR) is 262 cm³/mol. The van der Waals surface area contributed by atoms with Crippen LogP contribution < -0.4 is 0 Å². The Morgan fingerprint density at radius 3 is 1.23 bits per heavy atom. The monoisotopic (exact) mass is 788 g/mol. The summed E-state index contributed by atoms with van der Waals surface area (Å²) in [5, 5.41) is 4.91. The van der Waals surface area contributed by atoms with Crippen molar-refractivity contribution in [2.24, 2.45) is 0 Å². The van der Waals surface area contributed by atoms with Crippen LogP contribution >= 0.6 is 0 Å². The van der Waals surface area contributed by atoms with Crippen LogP contribution in [0.2, 0.25) is 0 Å². The van der Waals surface area contributed by atoms with Gasteiger partial charge in [-0.15, -0.1) is 0 Å². The molecule has 0 fully saturated rings. The molecule has 0 N–H and O–H groups in total. The fourth-order valence-electron chi connectivity index (χ4n) is 9.80. The lowest BCUT2D eigenvalue weighted by molar-refractivity contribution is 1.17. The Balaban J connectivity index is 1.14. The van der Waals surface area contributed by atoms with Crippen LogP contribution in [0.15, 0.2) is 243 Å². The topological polar surface area (TPSA) is 9.86 Å². The fraction of sp³-hybridized carbons (Fsp3) is 0. The zero-order chi connectivity index (χ0) is 41.0. The van der Waals surface area contributed by atoms with E-state index in [9.17, 15) is 0 Å². The van der Waals surface area contributed by atoms with Crippen molar-refractivity contribution >= 4 is 43.6 Å². The van der Waals surface area contributed by atoms with E-state index in [1.165, 1.54) is 88.2 Å². The standard InChI is InChI=1S/C60H40N2/c1-4-19-41(20-5-1)46-25-10-12-27-48(46)43-35-37-58-54(39-43)55-40-44(49-28-13-11-26-47(49)42-21-6-2-7-22-42)36-38-59(55)62(58)57-34-17-15-30-51(57)53-32-18-31-52-50-29-14-16-33-56(50)61(60(52)53)45-23-8-3-9-24-45/h1-40H. The molecule has 0 radical (unpaired) electrons. The second kappa shape index (κ2) is 14.8. The highest BCUT2D eigenvalue weighted by Crippen LogP contribution is 2.44. The van der Waals surface area contributed by atoms with Crippen molar-refractivity contribution in [1.29, 1.82) is 0 Å². The Labute approximate surface area is 360 Å². The summed E-state index contributed by atoms with van der Waals surface area (Å²) in [7, 11) is 0. The first-order valence-electron chi connectivity index (χ1n) is 21.4. The third-order valence-electron chi connectivity index (χ3n) is 12.6. The summed E-state index contributed by atoms with van der Waals surface area (Å²) in [5.41, 5.74) is 19.1. The molecule has 62 heavy (non-hydrogen) atoms. The number of hydrogen-bond acceptors (Lipinski definition) is 0. The fourth-order valence-corrected chi connectivity index (χ4v) is 9.80. The third-order valence-corrected chi connectivity index (χ3v) is 12.6. The lowest BCUT2D eigenvalue weighted by Gasteiger charge is -2.17. The summed E-state index contributed by atoms with van der Waals surface area (Å²) in [4.78, 5) is 0. The lowest BCUT2D eigenvalue weighted by Crippen LogP contribution is -1.99. The zero-order valence-electron chi connectivity index (χ0n) is 34.0. The van der Waals surface area contributed by atoms with E-state index in [1.807, 2.05) is 0 Å². The second-order valence-corrected chi connectivity index (χ2v) is 16.0. The van der Waals surface area contributed by atoms with Crippen molar-refractivity contribution in [1.82, 2.24) is 9.13 Å². The Bertz CT molecular complexity index is 3470. The van der Waals surface area contributed by atoms with Crippen LogP contribution in [0.5, 0.6) is 0 Å². The van der Waals surface area contributed by atoms with Gasteiger partial charge < -0.3 is 9.13 Å². The highest BCUT2D eigenvalue weighted by atomic mass is 15.0. The normalized spacial score (nSPS) is 11.5. The summed E-state index contributed by atoms with van der Waals surface area (Å²) in [6, 6.07) is 88.4. The van der Waals surface area contributed by atoms with Gasteiger partial charge in [0.2, 0.25) is 0 Å². The number of para-hydroxylation sites is 4. The molecular formula is C60H40N2. The Kier molecular flexibility index (Phi) is 8.53. The van der Waals surface area contributed by atoms with E-state index in [-0.39, 0.29) is 0 Å². The molecule has 12 aromatic rings. The minimum absolute atomic E-state index is 1.14. The Morgan fingerprint density at radius 1 is 0.226 bits per heavy atom. The SMILES string of the molecule is c1ccc(-c2ccccc2-c2ccc3c(c2)c2cc(-c4ccccc4-c4ccccc4)ccc2n3-c2ccccc2-c2cccc3c4ccccc4n(-c4ccccc4)c23)cc1. The quantitative estimate of drug-likeness (QED) is 0.152. The molecule has 12 rings (SSSR count). The molecule has 0 unspecified atom stereocenters. The van der Waals surface area contributed by atoms with E-state index in [2.05, 4.69) is 252 Å². The molecule has 0 bridgehead atoms. The van der Waals surface area contributed by atoms with E-state index in [1.54, 1.807) is 0 Å². The molecule has 290 valence electrons. The van der Waals surface area contributed by atoms with Crippen molar-refractivity contribution < 1.29 is 0 Å². The molecule has 0 spiro atoms. The van der Waals surface area contributed by atoms with Crippen LogP contribution in [0, 0.1) is 0 Å². The first kappa shape index (κ1) is 35.7. The highest BCUT2D eigenvalue weighted by molar-refractivity contribution is 6.16. The van der Waals surface area contributed by atoms with Crippen LogP contribution in [0.1, 0.15) is 0 Å². The van der Waals surface area contributed by atoms with Gasteiger partial charge in [0.1, 0.15) is 0 Å². The summed E-state index contributed by atoms with van der Waals surface area (Å²) in [6.45, 7) is 0. The summed E-state index contributed by atoms with van der Waals surface area (Å²) in [5.74, 6) is 0. The van der Waals surface area contributed by atoms with Gasteiger partial charge in [-0.3, -0.25) is 0 Å². The van der Waals surface area contributed by atoms with Crippen molar-refractivity contribution in [3.05, 3.63) is 243 Å². The van der Waals surface area contributed by atoms with Gasteiger partial charge in [-0.1, -0.05) is 194 Å². The lowest BCUT2D eigenvalue weighted by atomic mass is 9.92. The van der Waals surface area contributed by atoms with Gasteiger partial charge in [0.25, 0.3) is 0 Å². The summed E-state index contributed by atoms with van der Waals surface area (Å²) >= 11 is 0. The number of fused-ring (bicyclic) bond motifs is 6. The number of hydrogen-bond donors (Lipinski definition) is 0. The largest absolute Gasteiger partial charge is 0.309 e. The summed E-state index contributed by atoms with van der Waals surface area (Å²) in [6.07, 6.45) is 0. The molecule has 0 aliphatic heterocycles. The number of benzene rings is 10. The molecule has 2 heteroatoms. The van der Waals surface area contributed by atoms with Gasteiger partial charge in [0, 0.05) is 38.4 Å². The molecule has 2 aromatic heterocycles. The van der Waals surface area contributed by atoms with Crippen molar-refractivity contribution in [2.45, 2.75) is 0 Å². The second-order valence-electron chi connectivity index (χ2n) is 16.0. The third kappa shape index (κ3) is 5.80. The molecule has 0 saturated heterocycles.